The number of aliphatic hydroxyl groups excluding tert-OH is 3. The first-order chi connectivity index (χ1) is 20.1. The predicted molar refractivity (Wildman–Crippen MR) is 165 cm³/mol. The molecule has 0 spiro atoms. The number of aliphatic hydroxyl groups is 3. The lowest BCUT2D eigenvalue weighted by Gasteiger charge is -2.51. The molecule has 0 aromatic carbocycles. The molecule has 16 heteroatoms. The van der Waals surface area contributed by atoms with E-state index in [0.29, 0.717) is 0 Å². The fourth-order valence-corrected chi connectivity index (χ4v) is 18.6. The van der Waals surface area contributed by atoms with Crippen LogP contribution in [0.25, 0.3) is 0 Å². The van der Waals surface area contributed by atoms with Gasteiger partial charge in [0.15, 0.2) is 6.10 Å². The largest absolute Gasteiger partial charge is 0.414 e. The number of rotatable bonds is 7. The quantitative estimate of drug-likeness (QED) is 0.194. The molecule has 0 aliphatic carbocycles. The Kier molecular flexibility index (Phi) is 9.23. The third kappa shape index (κ3) is 5.13. The van der Waals surface area contributed by atoms with Crippen LogP contribution < -0.4 is 10.0 Å². The number of aromatic nitrogens is 2. The molecule has 0 radical (unpaired) electrons. The second-order valence-corrected chi connectivity index (χ2v) is 22.5. The Morgan fingerprint density at radius 2 is 1.67 bits per heavy atom. The number of H-pyrrole nitrogens is 1. The van der Waals surface area contributed by atoms with E-state index in [0.717, 1.165) is 0 Å². The summed E-state index contributed by atoms with van der Waals surface area (Å²) in [5, 5.41) is 32.6. The maximum Gasteiger partial charge on any atom is 0.335 e. The monoisotopic (exact) mass is 661 g/mol. The summed E-state index contributed by atoms with van der Waals surface area (Å²) in [6.45, 7) is 16.6. The normalized spacial score (nSPS) is 36.9. The summed E-state index contributed by atoms with van der Waals surface area (Å²) in [6, 6.07) is 0. The van der Waals surface area contributed by atoms with E-state index in [1.807, 2.05) is 0 Å². The van der Waals surface area contributed by atoms with E-state index in [1.165, 1.54) is 6.34 Å². The molecule has 3 saturated heterocycles. The minimum Gasteiger partial charge on any atom is -0.414 e. The molecule has 1 aromatic rings. The van der Waals surface area contributed by atoms with Crippen molar-refractivity contribution in [1.82, 2.24) is 14.5 Å². The SMILES string of the molecule is CC(C)[Si]1(C(C)C)OC[C@H]2O[C@@H]([N+]3([C@@H]4C[C@H](O)[C@@H](CO)O4)C=Nc4c3nc(Cl)[nH]c4=O)[C@H](O)[C@@H]2O[Si](C(C)C)(C(C)C)O1. The second-order valence-electron chi connectivity index (χ2n) is 13.3. The van der Waals surface area contributed by atoms with Gasteiger partial charge in [0.1, 0.15) is 18.3 Å². The molecule has 4 aliphatic heterocycles. The van der Waals surface area contributed by atoms with Gasteiger partial charge in [0.25, 0.3) is 11.4 Å². The number of ether oxygens (including phenoxy) is 2. The van der Waals surface area contributed by atoms with Gasteiger partial charge in [0.05, 0.1) is 25.7 Å². The van der Waals surface area contributed by atoms with Crippen molar-refractivity contribution in [3.63, 3.8) is 0 Å². The highest BCUT2D eigenvalue weighted by Gasteiger charge is 2.67. The Morgan fingerprint density at radius 1 is 1.05 bits per heavy atom. The first kappa shape index (κ1) is 33.3. The van der Waals surface area contributed by atoms with Crippen LogP contribution in [0.2, 0.25) is 27.4 Å². The summed E-state index contributed by atoms with van der Waals surface area (Å²) in [5.41, 5.74) is -0.269. The zero-order valence-corrected chi connectivity index (χ0v) is 28.8. The number of quaternary nitrogens is 1. The topological polar surface area (TPSA) is 165 Å². The Balaban J connectivity index is 1.64. The van der Waals surface area contributed by atoms with Gasteiger partial charge < -0.3 is 37.8 Å². The molecule has 43 heavy (non-hydrogen) atoms. The molecule has 4 N–H and O–H groups in total. The first-order valence-corrected chi connectivity index (χ1v) is 19.5. The molecule has 4 aliphatic rings. The molecule has 8 atom stereocenters. The molecule has 1 unspecified atom stereocenters. The molecule has 0 amide bonds. The van der Waals surface area contributed by atoms with Crippen molar-refractivity contribution < 1.29 is 37.8 Å². The van der Waals surface area contributed by atoms with Gasteiger partial charge >= 0.3 is 17.1 Å². The van der Waals surface area contributed by atoms with Crippen LogP contribution in [0.4, 0.5) is 11.5 Å². The van der Waals surface area contributed by atoms with Crippen LogP contribution in [0, 0.1) is 0 Å². The van der Waals surface area contributed by atoms with E-state index in [9.17, 15) is 20.1 Å². The number of fused-ring (bicyclic) bond motifs is 2. The molecule has 1 aromatic heterocycles. The summed E-state index contributed by atoms with van der Waals surface area (Å²) >= 11 is 6.24. The zero-order valence-electron chi connectivity index (χ0n) is 26.1. The van der Waals surface area contributed by atoms with Crippen molar-refractivity contribution in [1.29, 1.82) is 0 Å². The van der Waals surface area contributed by atoms with Crippen molar-refractivity contribution in [2.75, 3.05) is 13.2 Å². The smallest absolute Gasteiger partial charge is 0.335 e. The van der Waals surface area contributed by atoms with E-state index in [-0.39, 0.29) is 52.0 Å². The van der Waals surface area contributed by atoms with Gasteiger partial charge in [-0.25, -0.2) is 0 Å². The molecule has 0 bridgehead atoms. The first-order valence-electron chi connectivity index (χ1n) is 15.2. The van der Waals surface area contributed by atoms with Crippen molar-refractivity contribution in [3.8, 4) is 0 Å². The lowest BCUT2D eigenvalue weighted by molar-refractivity contribution is -0.133. The average Bonchev–Trinajstić information content (AvgIpc) is 3.57. The van der Waals surface area contributed by atoms with E-state index in [4.69, 9.17) is 34.0 Å². The summed E-state index contributed by atoms with van der Waals surface area (Å²) in [4.78, 5) is 24.2. The highest BCUT2D eigenvalue weighted by Crippen LogP contribution is 2.50. The summed E-state index contributed by atoms with van der Waals surface area (Å²) in [7, 11) is -5.96. The van der Waals surface area contributed by atoms with Crippen LogP contribution in [-0.2, 0) is 22.4 Å². The minimum atomic E-state index is -3.09. The van der Waals surface area contributed by atoms with Crippen molar-refractivity contribution in [2.24, 2.45) is 4.99 Å². The van der Waals surface area contributed by atoms with Crippen LogP contribution in [0.3, 0.4) is 0 Å². The Morgan fingerprint density at radius 3 is 2.23 bits per heavy atom. The summed E-state index contributed by atoms with van der Waals surface area (Å²) in [6.07, 6.45) is -5.23. The summed E-state index contributed by atoms with van der Waals surface area (Å²) < 4.78 is 33.6. The van der Waals surface area contributed by atoms with E-state index >= 15 is 0 Å². The number of aromatic amines is 1. The number of aliphatic imine (C=N–C) groups is 1. The lowest BCUT2D eigenvalue weighted by atomic mass is 10.1. The van der Waals surface area contributed by atoms with Gasteiger partial charge in [-0.15, -0.1) is 0 Å². The maximum atomic E-state index is 12.9. The van der Waals surface area contributed by atoms with Gasteiger partial charge in [0.2, 0.25) is 29.8 Å². The van der Waals surface area contributed by atoms with Crippen molar-refractivity contribution in [3.05, 3.63) is 15.6 Å². The van der Waals surface area contributed by atoms with Gasteiger partial charge in [-0.2, -0.15) is 14.5 Å². The molecule has 3 fully saturated rings. The van der Waals surface area contributed by atoms with Crippen LogP contribution in [0.1, 0.15) is 61.8 Å². The molecule has 0 saturated carbocycles. The zero-order chi connectivity index (χ0) is 31.6. The highest BCUT2D eigenvalue weighted by atomic mass is 35.5. The van der Waals surface area contributed by atoms with Crippen molar-refractivity contribution >= 4 is 46.6 Å². The van der Waals surface area contributed by atoms with Gasteiger partial charge in [-0.1, -0.05) is 55.4 Å². The number of hydrogen-bond acceptors (Lipinski definition) is 11. The molecular formula is C27H46ClN4O9Si2+. The van der Waals surface area contributed by atoms with Gasteiger partial charge in [-0.05, 0) is 33.8 Å². The fourth-order valence-electron chi connectivity index (χ4n) is 7.22. The number of nitrogens with zero attached hydrogens (tertiary/aromatic N) is 3. The van der Waals surface area contributed by atoms with E-state index < -0.39 is 76.7 Å². The number of nitrogens with one attached hydrogen (secondary N) is 1. The van der Waals surface area contributed by atoms with Gasteiger partial charge in [0, 0.05) is 0 Å². The van der Waals surface area contributed by atoms with Crippen LogP contribution in [-0.4, -0.2) is 105 Å². The van der Waals surface area contributed by atoms with Gasteiger partial charge in [-0.3, -0.25) is 9.78 Å². The standard InChI is InChI=1S/C27H45ClN4O9Si2/c1-13(2)42(14(3)4)37-11-19-23(40-43(41-42,15(5)6)16(7)8)22(35)26(39-19)32(20-9-17(34)18(10-33)38-20)12-29-21-24(32)30-27(28)31-25(21)36/h12-20,22-23,26,33-35H,9-11H2,1-8H3/p+1/t17-,18+,19+,20-,22+,23+,26+,32?/m0/s1. The minimum absolute atomic E-state index is 0.00493. The third-order valence-electron chi connectivity index (χ3n) is 9.51. The lowest BCUT2D eigenvalue weighted by Crippen LogP contribution is -2.67. The third-order valence-corrected chi connectivity index (χ3v) is 19.9. The molecule has 5 rings (SSSR count). The fraction of sp³-hybridized carbons (Fsp3) is 0.815. The Hall–Kier alpha value is -1.09. The predicted octanol–water partition coefficient (Wildman–Crippen LogP) is 2.91. The second kappa shape index (κ2) is 11.9. The number of hydrogen-bond donors (Lipinski definition) is 4. The molecular weight excluding hydrogens is 616 g/mol. The molecule has 5 heterocycles. The maximum absolute atomic E-state index is 12.9. The summed E-state index contributed by atoms with van der Waals surface area (Å²) in [5.74, 6) is 0.115. The van der Waals surface area contributed by atoms with Crippen LogP contribution >= 0.6 is 11.6 Å². The molecule has 13 nitrogen and oxygen atoms in total. The average molecular weight is 662 g/mol. The van der Waals surface area contributed by atoms with E-state index in [2.05, 4.69) is 70.4 Å². The number of halogens is 1. The Bertz CT molecular complexity index is 1270. The van der Waals surface area contributed by atoms with Crippen LogP contribution in [0.15, 0.2) is 9.79 Å². The Labute approximate surface area is 259 Å². The van der Waals surface area contributed by atoms with E-state index in [1.54, 1.807) is 0 Å². The highest BCUT2D eigenvalue weighted by molar-refractivity contribution is 6.84. The van der Waals surface area contributed by atoms with Crippen LogP contribution in [0.5, 0.6) is 0 Å². The van der Waals surface area contributed by atoms with Crippen molar-refractivity contribution in [2.45, 2.75) is 127 Å². The molecule has 242 valence electrons.